The van der Waals surface area contributed by atoms with Crippen molar-refractivity contribution < 1.29 is 59.0 Å². The van der Waals surface area contributed by atoms with Crippen LogP contribution in [0.2, 0.25) is 0 Å². The Morgan fingerprint density at radius 3 is 1.71 bits per heavy atom. The topological polar surface area (TPSA) is 213 Å². The predicted molar refractivity (Wildman–Crippen MR) is 68.9 cm³/mol. The molecule has 0 saturated heterocycles. The van der Waals surface area contributed by atoms with Gasteiger partial charge in [0.05, 0.1) is 18.4 Å². The molecule has 0 heterocycles. The van der Waals surface area contributed by atoms with Gasteiger partial charge >= 0.3 is 35.8 Å². The molecule has 0 aliphatic heterocycles. The molecule has 2 atom stereocenters. The molecule has 0 aliphatic rings. The van der Waals surface area contributed by atoms with Gasteiger partial charge in [0.25, 0.3) is 0 Å². The van der Waals surface area contributed by atoms with E-state index < -0.39 is 66.3 Å². The maximum Gasteiger partial charge on any atom is 0.345 e. The molecular formula is C12H12O12. The third kappa shape index (κ3) is 7.02. The van der Waals surface area contributed by atoms with Gasteiger partial charge in [-0.05, 0) is 0 Å². The molecule has 0 bridgehead atoms. The molecule has 0 rings (SSSR count). The normalized spacial score (nSPS) is 13.4. The third-order valence-electron chi connectivity index (χ3n) is 2.47. The lowest BCUT2D eigenvalue weighted by Gasteiger charge is -2.18. The van der Waals surface area contributed by atoms with Crippen LogP contribution in [0.1, 0.15) is 12.8 Å². The predicted octanol–water partition coefficient (Wildman–Crippen LogP) is -1.36. The fourth-order valence-corrected chi connectivity index (χ4v) is 1.47. The fourth-order valence-electron chi connectivity index (χ4n) is 1.47. The van der Waals surface area contributed by atoms with E-state index in [0.717, 1.165) is 0 Å². The molecule has 24 heavy (non-hydrogen) atoms. The van der Waals surface area contributed by atoms with Crippen LogP contribution in [0.5, 0.6) is 0 Å². The summed E-state index contributed by atoms with van der Waals surface area (Å²) in [6, 6.07) is 0. The first-order valence-electron chi connectivity index (χ1n) is 5.99. The smallest absolute Gasteiger partial charge is 0.345 e. The van der Waals surface area contributed by atoms with E-state index >= 15 is 0 Å². The highest BCUT2D eigenvalue weighted by Crippen LogP contribution is 2.15. The number of carboxylic acids is 5. The van der Waals surface area contributed by atoms with Crippen LogP contribution in [-0.2, 0) is 33.5 Å². The summed E-state index contributed by atoms with van der Waals surface area (Å²) in [5.41, 5.74) is -0.943. The van der Waals surface area contributed by atoms with Crippen LogP contribution in [0.15, 0.2) is 11.6 Å². The first-order chi connectivity index (χ1) is 11.0. The zero-order valence-corrected chi connectivity index (χ0v) is 11.7. The summed E-state index contributed by atoms with van der Waals surface area (Å²) in [7, 11) is 0. The van der Waals surface area contributed by atoms with Crippen LogP contribution in [0.3, 0.4) is 0 Å². The molecule has 0 aliphatic carbocycles. The van der Waals surface area contributed by atoms with Crippen molar-refractivity contribution in [1.29, 1.82) is 0 Å². The SMILES string of the molecule is O=C(O)CC(=CC(=O)OC(C(=O)O)C(CC(=O)O)C(=O)O)C(=O)O. The van der Waals surface area contributed by atoms with Gasteiger partial charge in [0, 0.05) is 6.08 Å². The fraction of sp³-hybridized carbons (Fsp3) is 0.333. The van der Waals surface area contributed by atoms with E-state index in [4.69, 9.17) is 25.5 Å². The molecule has 0 aromatic rings. The number of hydrogen-bond acceptors (Lipinski definition) is 7. The Bertz CT molecular complexity index is 601. The molecule has 12 heteroatoms. The Hall–Kier alpha value is -3.44. The van der Waals surface area contributed by atoms with Crippen molar-refractivity contribution in [3.8, 4) is 0 Å². The Morgan fingerprint density at radius 1 is 0.833 bits per heavy atom. The van der Waals surface area contributed by atoms with Crippen molar-refractivity contribution in [2.75, 3.05) is 0 Å². The van der Waals surface area contributed by atoms with Gasteiger partial charge in [0.2, 0.25) is 6.10 Å². The zero-order valence-electron chi connectivity index (χ0n) is 11.7. The second-order valence-electron chi connectivity index (χ2n) is 4.28. The first kappa shape index (κ1) is 20.6. The highest BCUT2D eigenvalue weighted by molar-refractivity contribution is 5.99. The molecule has 0 fully saturated rings. The first-order valence-corrected chi connectivity index (χ1v) is 5.99. The second kappa shape index (κ2) is 8.87. The number of carboxylic acid groups (broad SMARTS) is 5. The standard InChI is InChI=1S/C12H12O12/c13-6(14)1-4(10(18)19)2-8(17)24-9(12(22)23)5(11(20)21)3-7(15)16/h2,5,9H,1,3H2,(H,13,14)(H,15,16)(H,18,19)(H,20,21)(H,22,23). The van der Waals surface area contributed by atoms with Crippen molar-refractivity contribution in [1.82, 2.24) is 0 Å². The minimum Gasteiger partial charge on any atom is -0.481 e. The molecule has 0 radical (unpaired) electrons. The third-order valence-corrected chi connectivity index (χ3v) is 2.47. The van der Waals surface area contributed by atoms with E-state index in [1.807, 2.05) is 0 Å². The number of hydrogen-bond donors (Lipinski definition) is 5. The average Bonchev–Trinajstić information content (AvgIpc) is 2.40. The van der Waals surface area contributed by atoms with E-state index in [9.17, 15) is 28.8 Å². The molecule has 0 spiro atoms. The molecular weight excluding hydrogens is 336 g/mol. The average molecular weight is 348 g/mol. The lowest BCUT2D eigenvalue weighted by atomic mass is 9.98. The summed E-state index contributed by atoms with van der Waals surface area (Å²) in [4.78, 5) is 65.2. The minimum absolute atomic E-state index is 0.173. The lowest BCUT2D eigenvalue weighted by molar-refractivity contribution is -0.172. The number of ether oxygens (including phenoxy) is 1. The zero-order chi connectivity index (χ0) is 19.0. The minimum atomic E-state index is -2.41. The van der Waals surface area contributed by atoms with Gasteiger partial charge in [-0.1, -0.05) is 0 Å². The number of carbonyl (C=O) groups is 6. The molecule has 132 valence electrons. The van der Waals surface area contributed by atoms with Crippen LogP contribution >= 0.6 is 0 Å². The Morgan fingerprint density at radius 2 is 1.38 bits per heavy atom. The summed E-state index contributed by atoms with van der Waals surface area (Å²) in [6.07, 6.45) is -4.50. The molecule has 0 aromatic heterocycles. The van der Waals surface area contributed by atoms with Gasteiger partial charge in [-0.15, -0.1) is 0 Å². The summed E-state index contributed by atoms with van der Waals surface area (Å²) in [5, 5.41) is 43.5. The molecule has 0 amide bonds. The van der Waals surface area contributed by atoms with Gasteiger partial charge in [-0.2, -0.15) is 0 Å². The van der Waals surface area contributed by atoms with E-state index in [2.05, 4.69) is 4.74 Å². The van der Waals surface area contributed by atoms with Crippen LogP contribution in [0.25, 0.3) is 0 Å². The summed E-state index contributed by atoms with van der Waals surface area (Å²) in [6.45, 7) is 0. The van der Waals surface area contributed by atoms with Crippen LogP contribution in [0, 0.1) is 5.92 Å². The number of aliphatic carboxylic acids is 5. The van der Waals surface area contributed by atoms with Crippen LogP contribution in [0.4, 0.5) is 0 Å². The van der Waals surface area contributed by atoms with E-state index in [1.165, 1.54) is 0 Å². The summed E-state index contributed by atoms with van der Waals surface area (Å²) in [5.74, 6) is -12.7. The van der Waals surface area contributed by atoms with E-state index in [0.29, 0.717) is 0 Å². The van der Waals surface area contributed by atoms with Gasteiger partial charge in [0.1, 0.15) is 5.92 Å². The molecule has 0 saturated carbocycles. The van der Waals surface area contributed by atoms with Crippen molar-refractivity contribution in [2.45, 2.75) is 18.9 Å². The molecule has 2 unspecified atom stereocenters. The Labute approximate surface area is 132 Å². The number of rotatable bonds is 10. The van der Waals surface area contributed by atoms with E-state index in [-0.39, 0.29) is 6.08 Å². The second-order valence-corrected chi connectivity index (χ2v) is 4.28. The van der Waals surface area contributed by atoms with Crippen LogP contribution in [-0.4, -0.2) is 67.5 Å². The highest BCUT2D eigenvalue weighted by atomic mass is 16.6. The van der Waals surface area contributed by atoms with E-state index in [1.54, 1.807) is 0 Å². The van der Waals surface area contributed by atoms with Crippen molar-refractivity contribution >= 4 is 35.8 Å². The molecule has 0 aromatic carbocycles. The number of carbonyl (C=O) groups excluding carboxylic acids is 1. The summed E-state index contributed by atoms with van der Waals surface area (Å²) < 4.78 is 4.28. The van der Waals surface area contributed by atoms with Crippen molar-refractivity contribution in [3.63, 3.8) is 0 Å². The maximum atomic E-state index is 11.5. The van der Waals surface area contributed by atoms with Crippen LogP contribution < -0.4 is 0 Å². The van der Waals surface area contributed by atoms with Gasteiger partial charge in [0.15, 0.2) is 0 Å². The maximum absolute atomic E-state index is 11.5. The monoisotopic (exact) mass is 348 g/mol. The van der Waals surface area contributed by atoms with Crippen molar-refractivity contribution in [2.24, 2.45) is 5.92 Å². The molecule has 12 nitrogen and oxygen atoms in total. The van der Waals surface area contributed by atoms with Gasteiger partial charge < -0.3 is 30.3 Å². The highest BCUT2D eigenvalue weighted by Gasteiger charge is 2.38. The molecule has 5 N–H and O–H groups in total. The summed E-state index contributed by atoms with van der Waals surface area (Å²) >= 11 is 0. The largest absolute Gasteiger partial charge is 0.481 e. The Balaban J connectivity index is 5.43. The van der Waals surface area contributed by atoms with Gasteiger partial charge in [-0.25, -0.2) is 14.4 Å². The lowest BCUT2D eigenvalue weighted by Crippen LogP contribution is -2.39. The van der Waals surface area contributed by atoms with Gasteiger partial charge in [-0.3, -0.25) is 14.4 Å². The Kier molecular flexibility index (Phi) is 7.60. The number of esters is 1. The quantitative estimate of drug-likeness (QED) is 0.229. The van der Waals surface area contributed by atoms with Crippen molar-refractivity contribution in [3.05, 3.63) is 11.6 Å².